The summed E-state index contributed by atoms with van der Waals surface area (Å²) in [7, 11) is -3.83. The predicted octanol–water partition coefficient (Wildman–Crippen LogP) is 0.557. The first-order valence-corrected chi connectivity index (χ1v) is 7.33. The summed E-state index contributed by atoms with van der Waals surface area (Å²) in [5, 5.41) is 0. The molecule has 0 aliphatic carbocycles. The van der Waals surface area contributed by atoms with Crippen molar-refractivity contribution in [1.29, 1.82) is 0 Å². The number of nitrogens with one attached hydrogen (secondary N) is 1. The van der Waals surface area contributed by atoms with Gasteiger partial charge >= 0.3 is 0 Å². The molecule has 1 aromatic rings. The van der Waals surface area contributed by atoms with Crippen molar-refractivity contribution < 1.29 is 13.2 Å². The van der Waals surface area contributed by atoms with Gasteiger partial charge in [0.25, 0.3) is 0 Å². The molecule has 0 spiro atoms. The molecule has 0 aliphatic heterocycles. The molecule has 94 valence electrons. The molecule has 9 heteroatoms. The zero-order chi connectivity index (χ0) is 13.2. The Morgan fingerprint density at radius 3 is 2.18 bits per heavy atom. The minimum absolute atomic E-state index is 0.0343. The SMILES string of the molecule is NC(=O)CNS(=O)(=O)c1c(Br)cc(N)cc1Br. The molecule has 0 aromatic heterocycles. The molecule has 0 saturated carbocycles. The van der Waals surface area contributed by atoms with E-state index in [0.29, 0.717) is 14.6 Å². The van der Waals surface area contributed by atoms with Gasteiger partial charge in [-0.1, -0.05) is 0 Å². The van der Waals surface area contributed by atoms with E-state index in [1.807, 2.05) is 0 Å². The largest absolute Gasteiger partial charge is 0.399 e. The highest BCUT2D eigenvalue weighted by Gasteiger charge is 2.21. The third-order valence-corrected chi connectivity index (χ3v) is 5.00. The molecule has 17 heavy (non-hydrogen) atoms. The summed E-state index contributed by atoms with van der Waals surface area (Å²) in [4.78, 5) is 10.5. The number of primary amides is 1. The van der Waals surface area contributed by atoms with E-state index in [-0.39, 0.29) is 4.90 Å². The lowest BCUT2D eigenvalue weighted by atomic mass is 10.3. The van der Waals surface area contributed by atoms with Crippen LogP contribution >= 0.6 is 31.9 Å². The Kier molecular flexibility index (Phi) is 4.53. The summed E-state index contributed by atoms with van der Waals surface area (Å²) in [6, 6.07) is 2.90. The van der Waals surface area contributed by atoms with Gasteiger partial charge in [0.15, 0.2) is 0 Å². The number of anilines is 1. The van der Waals surface area contributed by atoms with Gasteiger partial charge < -0.3 is 11.5 Å². The summed E-state index contributed by atoms with van der Waals surface area (Å²) in [6.45, 7) is -0.467. The van der Waals surface area contributed by atoms with Gasteiger partial charge in [-0.05, 0) is 44.0 Å². The van der Waals surface area contributed by atoms with Crippen molar-refractivity contribution in [3.05, 3.63) is 21.1 Å². The van der Waals surface area contributed by atoms with Gasteiger partial charge in [-0.15, -0.1) is 0 Å². The number of sulfonamides is 1. The van der Waals surface area contributed by atoms with E-state index < -0.39 is 22.5 Å². The van der Waals surface area contributed by atoms with Crippen LogP contribution in [0.5, 0.6) is 0 Å². The van der Waals surface area contributed by atoms with Crippen LogP contribution in [0.25, 0.3) is 0 Å². The molecule has 0 aliphatic rings. The maximum Gasteiger partial charge on any atom is 0.243 e. The minimum Gasteiger partial charge on any atom is -0.399 e. The van der Waals surface area contributed by atoms with Gasteiger partial charge in [-0.25, -0.2) is 13.1 Å². The minimum atomic E-state index is -3.83. The maximum absolute atomic E-state index is 11.9. The lowest BCUT2D eigenvalue weighted by Crippen LogP contribution is -2.33. The number of hydrogen-bond donors (Lipinski definition) is 3. The Bertz CT molecular complexity index is 536. The molecule has 6 nitrogen and oxygen atoms in total. The Morgan fingerprint density at radius 2 is 1.76 bits per heavy atom. The number of carbonyl (C=O) groups excluding carboxylic acids is 1. The predicted molar refractivity (Wildman–Crippen MR) is 70.6 cm³/mol. The standard InChI is InChI=1S/C8H9Br2N3O3S/c9-5-1-4(11)2-6(10)8(5)17(15,16)13-3-7(12)14/h1-2,13H,3,11H2,(H2,12,14). The number of nitrogen functional groups attached to an aromatic ring is 1. The highest BCUT2D eigenvalue weighted by Crippen LogP contribution is 2.32. The Morgan fingerprint density at radius 1 is 1.29 bits per heavy atom. The first kappa shape index (κ1) is 14.4. The normalized spacial score (nSPS) is 11.4. The molecule has 0 bridgehead atoms. The smallest absolute Gasteiger partial charge is 0.243 e. The number of hydrogen-bond acceptors (Lipinski definition) is 4. The molecular formula is C8H9Br2N3O3S. The zero-order valence-electron chi connectivity index (χ0n) is 8.41. The quantitative estimate of drug-likeness (QED) is 0.655. The zero-order valence-corrected chi connectivity index (χ0v) is 12.4. The molecule has 0 atom stereocenters. The van der Waals surface area contributed by atoms with Crippen LogP contribution in [-0.4, -0.2) is 20.9 Å². The van der Waals surface area contributed by atoms with Gasteiger partial charge in [0.05, 0.1) is 6.54 Å². The van der Waals surface area contributed by atoms with Crippen molar-refractivity contribution >= 4 is 53.5 Å². The van der Waals surface area contributed by atoms with Crippen LogP contribution in [0.2, 0.25) is 0 Å². The van der Waals surface area contributed by atoms with Crippen molar-refractivity contribution in [2.24, 2.45) is 5.73 Å². The number of amides is 1. The fourth-order valence-electron chi connectivity index (χ4n) is 1.07. The highest BCUT2D eigenvalue weighted by molar-refractivity contribution is 9.11. The van der Waals surface area contributed by atoms with Crippen molar-refractivity contribution in [3.8, 4) is 0 Å². The topological polar surface area (TPSA) is 115 Å². The molecule has 0 radical (unpaired) electrons. The van der Waals surface area contributed by atoms with Crippen LogP contribution in [0.15, 0.2) is 26.0 Å². The van der Waals surface area contributed by atoms with E-state index >= 15 is 0 Å². The van der Waals surface area contributed by atoms with Crippen LogP contribution in [0.3, 0.4) is 0 Å². The van der Waals surface area contributed by atoms with Crippen LogP contribution in [0.1, 0.15) is 0 Å². The summed E-state index contributed by atoms with van der Waals surface area (Å²) in [5.41, 5.74) is 10.8. The van der Waals surface area contributed by atoms with Gasteiger partial charge in [-0.2, -0.15) is 0 Å². The van der Waals surface area contributed by atoms with E-state index in [1.165, 1.54) is 12.1 Å². The number of nitrogens with two attached hydrogens (primary N) is 2. The second-order valence-electron chi connectivity index (χ2n) is 3.10. The highest BCUT2D eigenvalue weighted by atomic mass is 79.9. The summed E-state index contributed by atoms with van der Waals surface area (Å²) in [6.07, 6.45) is 0. The van der Waals surface area contributed by atoms with Gasteiger partial charge in [0.2, 0.25) is 15.9 Å². The summed E-state index contributed by atoms with van der Waals surface area (Å²) in [5.74, 6) is -0.767. The van der Waals surface area contributed by atoms with Gasteiger partial charge in [0.1, 0.15) is 4.90 Å². The monoisotopic (exact) mass is 385 g/mol. The second kappa shape index (κ2) is 5.34. The third-order valence-electron chi connectivity index (χ3n) is 1.73. The molecular weight excluding hydrogens is 378 g/mol. The van der Waals surface area contributed by atoms with E-state index in [9.17, 15) is 13.2 Å². The fourth-order valence-corrected chi connectivity index (χ4v) is 4.68. The van der Waals surface area contributed by atoms with Crippen LogP contribution in [0.4, 0.5) is 5.69 Å². The van der Waals surface area contributed by atoms with Crippen molar-refractivity contribution in [1.82, 2.24) is 4.72 Å². The van der Waals surface area contributed by atoms with Gasteiger partial charge in [0, 0.05) is 14.6 Å². The molecule has 0 fully saturated rings. The molecule has 1 aromatic carbocycles. The van der Waals surface area contributed by atoms with Gasteiger partial charge in [-0.3, -0.25) is 4.79 Å². The first-order chi connectivity index (χ1) is 7.74. The second-order valence-corrected chi connectivity index (χ2v) is 6.52. The number of carbonyl (C=O) groups is 1. The van der Waals surface area contributed by atoms with Crippen molar-refractivity contribution in [3.63, 3.8) is 0 Å². The van der Waals surface area contributed by atoms with Crippen molar-refractivity contribution in [2.75, 3.05) is 12.3 Å². The average molecular weight is 387 g/mol. The fraction of sp³-hybridized carbons (Fsp3) is 0.125. The number of benzene rings is 1. The molecule has 5 N–H and O–H groups in total. The van der Waals surface area contributed by atoms with E-state index in [4.69, 9.17) is 11.5 Å². The summed E-state index contributed by atoms with van der Waals surface area (Å²) >= 11 is 6.19. The average Bonchev–Trinajstić information content (AvgIpc) is 2.12. The Labute approximate surface area is 115 Å². The van der Waals surface area contributed by atoms with E-state index in [1.54, 1.807) is 0 Å². The molecule has 1 rings (SSSR count). The third kappa shape index (κ3) is 3.66. The van der Waals surface area contributed by atoms with Crippen LogP contribution in [-0.2, 0) is 14.8 Å². The Hall–Kier alpha value is -0.640. The molecule has 0 unspecified atom stereocenters. The van der Waals surface area contributed by atoms with Crippen LogP contribution < -0.4 is 16.2 Å². The van der Waals surface area contributed by atoms with E-state index in [0.717, 1.165) is 0 Å². The maximum atomic E-state index is 11.9. The first-order valence-electron chi connectivity index (χ1n) is 4.26. The van der Waals surface area contributed by atoms with E-state index in [2.05, 4.69) is 36.6 Å². The van der Waals surface area contributed by atoms with Crippen LogP contribution in [0, 0.1) is 0 Å². The number of rotatable bonds is 4. The molecule has 0 saturated heterocycles. The van der Waals surface area contributed by atoms with Crippen molar-refractivity contribution in [2.45, 2.75) is 4.90 Å². The molecule has 1 amide bonds. The molecule has 0 heterocycles. The summed E-state index contributed by atoms with van der Waals surface area (Å²) < 4.78 is 26.4. The number of halogens is 2. The Balaban J connectivity index is 3.20. The lowest BCUT2D eigenvalue weighted by molar-refractivity contribution is -0.116. The lowest BCUT2D eigenvalue weighted by Gasteiger charge is -2.10.